The SMILES string of the molecule is COc1nc(C#Cc2ccc(C)cc2)c(C)nc1C#Cc1ccc(C)cc1. The van der Waals surface area contributed by atoms with Crippen molar-refractivity contribution in [2.75, 3.05) is 7.11 Å². The van der Waals surface area contributed by atoms with Crippen LogP contribution in [-0.2, 0) is 0 Å². The first kappa shape index (κ1) is 18.2. The molecule has 132 valence electrons. The van der Waals surface area contributed by atoms with Crippen molar-refractivity contribution in [2.24, 2.45) is 0 Å². The van der Waals surface area contributed by atoms with E-state index in [0.717, 1.165) is 16.8 Å². The van der Waals surface area contributed by atoms with E-state index in [1.54, 1.807) is 7.11 Å². The van der Waals surface area contributed by atoms with Gasteiger partial charge in [0.1, 0.15) is 5.69 Å². The van der Waals surface area contributed by atoms with Crippen LogP contribution in [0, 0.1) is 44.5 Å². The van der Waals surface area contributed by atoms with Gasteiger partial charge >= 0.3 is 0 Å². The molecule has 0 bridgehead atoms. The van der Waals surface area contributed by atoms with Crippen molar-refractivity contribution in [1.29, 1.82) is 0 Å². The van der Waals surface area contributed by atoms with Gasteiger partial charge in [-0.1, -0.05) is 47.2 Å². The van der Waals surface area contributed by atoms with E-state index >= 15 is 0 Å². The minimum Gasteiger partial charge on any atom is -0.479 e. The Bertz CT molecular complexity index is 1070. The van der Waals surface area contributed by atoms with E-state index in [1.165, 1.54) is 11.1 Å². The molecule has 1 aromatic heterocycles. The predicted octanol–water partition coefficient (Wildman–Crippen LogP) is 4.21. The quantitative estimate of drug-likeness (QED) is 0.616. The minimum atomic E-state index is 0.383. The van der Waals surface area contributed by atoms with Gasteiger partial charge in [-0.25, -0.2) is 9.97 Å². The molecule has 0 aliphatic heterocycles. The third-order valence-electron chi connectivity index (χ3n) is 3.99. The fourth-order valence-electron chi connectivity index (χ4n) is 2.38. The third-order valence-corrected chi connectivity index (χ3v) is 3.99. The summed E-state index contributed by atoms with van der Waals surface area (Å²) in [5.74, 6) is 12.7. The number of ether oxygens (including phenoxy) is 1. The summed E-state index contributed by atoms with van der Waals surface area (Å²) in [6.07, 6.45) is 0. The molecule has 0 saturated heterocycles. The summed E-state index contributed by atoms with van der Waals surface area (Å²) in [4.78, 5) is 9.03. The Morgan fingerprint density at radius 1 is 0.630 bits per heavy atom. The van der Waals surface area contributed by atoms with E-state index < -0.39 is 0 Å². The minimum absolute atomic E-state index is 0.383. The maximum atomic E-state index is 5.37. The van der Waals surface area contributed by atoms with Crippen molar-refractivity contribution in [3.05, 3.63) is 87.9 Å². The second-order valence-electron chi connectivity index (χ2n) is 6.25. The van der Waals surface area contributed by atoms with Crippen molar-refractivity contribution < 1.29 is 4.74 Å². The lowest BCUT2D eigenvalue weighted by molar-refractivity contribution is 0.393. The normalized spacial score (nSPS) is 9.63. The molecule has 0 aliphatic carbocycles. The van der Waals surface area contributed by atoms with Gasteiger partial charge in [0.2, 0.25) is 5.88 Å². The van der Waals surface area contributed by atoms with Gasteiger partial charge in [0.15, 0.2) is 5.69 Å². The summed E-state index contributed by atoms with van der Waals surface area (Å²) >= 11 is 0. The highest BCUT2D eigenvalue weighted by atomic mass is 16.5. The Morgan fingerprint density at radius 2 is 1.11 bits per heavy atom. The number of rotatable bonds is 1. The summed E-state index contributed by atoms with van der Waals surface area (Å²) < 4.78 is 5.37. The zero-order chi connectivity index (χ0) is 19.2. The molecule has 0 saturated carbocycles. The van der Waals surface area contributed by atoms with Crippen LogP contribution in [0.1, 0.15) is 39.3 Å². The smallest absolute Gasteiger partial charge is 0.249 e. The molecule has 0 unspecified atom stereocenters. The van der Waals surface area contributed by atoms with E-state index in [9.17, 15) is 0 Å². The summed E-state index contributed by atoms with van der Waals surface area (Å²) in [5, 5.41) is 0. The summed E-state index contributed by atoms with van der Waals surface area (Å²) in [6.45, 7) is 5.97. The van der Waals surface area contributed by atoms with Gasteiger partial charge in [-0.15, -0.1) is 0 Å². The number of hydrogen-bond donors (Lipinski definition) is 0. The van der Waals surface area contributed by atoms with Gasteiger partial charge in [0, 0.05) is 11.1 Å². The fraction of sp³-hybridized carbons (Fsp3) is 0.167. The number of benzene rings is 2. The molecule has 3 aromatic rings. The number of aryl methyl sites for hydroxylation is 3. The zero-order valence-electron chi connectivity index (χ0n) is 15.9. The maximum Gasteiger partial charge on any atom is 0.249 e. The molecule has 3 nitrogen and oxygen atoms in total. The number of aromatic nitrogens is 2. The number of methoxy groups -OCH3 is 1. The summed E-state index contributed by atoms with van der Waals surface area (Å²) in [5.41, 5.74) is 6.09. The lowest BCUT2D eigenvalue weighted by atomic mass is 10.1. The average Bonchev–Trinajstić information content (AvgIpc) is 2.68. The second kappa shape index (κ2) is 8.21. The molecule has 0 atom stereocenters. The van der Waals surface area contributed by atoms with Crippen molar-refractivity contribution in [1.82, 2.24) is 9.97 Å². The molecule has 27 heavy (non-hydrogen) atoms. The Kier molecular flexibility index (Phi) is 5.55. The van der Waals surface area contributed by atoms with Crippen LogP contribution >= 0.6 is 0 Å². The number of hydrogen-bond acceptors (Lipinski definition) is 3. The monoisotopic (exact) mass is 352 g/mol. The van der Waals surface area contributed by atoms with Crippen LogP contribution in [-0.4, -0.2) is 17.1 Å². The molecule has 0 amide bonds. The molecule has 3 rings (SSSR count). The largest absolute Gasteiger partial charge is 0.479 e. The second-order valence-corrected chi connectivity index (χ2v) is 6.25. The summed E-state index contributed by atoms with van der Waals surface area (Å²) in [7, 11) is 1.56. The van der Waals surface area contributed by atoms with Crippen molar-refractivity contribution in [3.63, 3.8) is 0 Å². The molecule has 0 N–H and O–H groups in total. The van der Waals surface area contributed by atoms with Crippen LogP contribution in [0.4, 0.5) is 0 Å². The fourth-order valence-corrected chi connectivity index (χ4v) is 2.38. The first-order valence-corrected chi connectivity index (χ1v) is 8.65. The predicted molar refractivity (Wildman–Crippen MR) is 108 cm³/mol. The molecule has 3 heteroatoms. The van der Waals surface area contributed by atoms with E-state index in [-0.39, 0.29) is 0 Å². The van der Waals surface area contributed by atoms with Crippen LogP contribution in [0.2, 0.25) is 0 Å². The topological polar surface area (TPSA) is 35.0 Å². The average molecular weight is 352 g/mol. The molecule has 0 spiro atoms. The van der Waals surface area contributed by atoms with Crippen molar-refractivity contribution in [3.8, 4) is 29.6 Å². The van der Waals surface area contributed by atoms with Gasteiger partial charge in [0.25, 0.3) is 0 Å². The highest BCUT2D eigenvalue weighted by Gasteiger charge is 2.09. The molecule has 0 aliphatic rings. The molecular formula is C24H20N2O. The molecule has 0 fully saturated rings. The van der Waals surface area contributed by atoms with Gasteiger partial charge < -0.3 is 4.74 Å². The highest BCUT2D eigenvalue weighted by Crippen LogP contribution is 2.15. The molecule has 0 radical (unpaired) electrons. The maximum absolute atomic E-state index is 5.37. The van der Waals surface area contributed by atoms with Gasteiger partial charge in [-0.2, -0.15) is 0 Å². The van der Waals surface area contributed by atoms with E-state index in [0.29, 0.717) is 17.3 Å². The van der Waals surface area contributed by atoms with E-state index in [4.69, 9.17) is 4.74 Å². The molecule has 1 heterocycles. The van der Waals surface area contributed by atoms with E-state index in [2.05, 4.69) is 33.6 Å². The van der Waals surface area contributed by atoms with Gasteiger partial charge in [0.05, 0.1) is 12.8 Å². The van der Waals surface area contributed by atoms with Crippen LogP contribution in [0.3, 0.4) is 0 Å². The van der Waals surface area contributed by atoms with Crippen LogP contribution in [0.15, 0.2) is 48.5 Å². The first-order valence-electron chi connectivity index (χ1n) is 8.65. The van der Waals surface area contributed by atoms with Crippen LogP contribution in [0.25, 0.3) is 0 Å². The van der Waals surface area contributed by atoms with Crippen molar-refractivity contribution >= 4 is 0 Å². The molecular weight excluding hydrogens is 332 g/mol. The lowest BCUT2D eigenvalue weighted by Crippen LogP contribution is -2.01. The van der Waals surface area contributed by atoms with E-state index in [1.807, 2.05) is 69.3 Å². The standard InChI is InChI=1S/C24H20N2O/c1-17-5-9-20(10-6-17)13-15-22-19(3)25-23(24(26-22)27-4)16-14-21-11-7-18(2)8-12-21/h5-12H,1-4H3. The first-order chi connectivity index (χ1) is 13.0. The Labute approximate surface area is 160 Å². The van der Waals surface area contributed by atoms with Crippen molar-refractivity contribution in [2.45, 2.75) is 20.8 Å². The zero-order valence-corrected chi connectivity index (χ0v) is 15.9. The third kappa shape index (κ3) is 4.75. The van der Waals surface area contributed by atoms with Crippen LogP contribution < -0.4 is 4.74 Å². The Hall–Kier alpha value is -3.56. The Morgan fingerprint density at radius 3 is 1.59 bits per heavy atom. The van der Waals surface area contributed by atoms with Gasteiger partial charge in [-0.05, 0) is 56.9 Å². The summed E-state index contributed by atoms with van der Waals surface area (Å²) in [6, 6.07) is 16.1. The highest BCUT2D eigenvalue weighted by molar-refractivity contribution is 5.48. The Balaban J connectivity index is 1.92. The number of nitrogens with zero attached hydrogens (tertiary/aromatic N) is 2. The molecule has 2 aromatic carbocycles. The van der Waals surface area contributed by atoms with Gasteiger partial charge in [-0.3, -0.25) is 0 Å². The lowest BCUT2D eigenvalue weighted by Gasteiger charge is -2.04. The van der Waals surface area contributed by atoms with Crippen LogP contribution in [0.5, 0.6) is 5.88 Å².